The molecule has 1 atom stereocenters. The van der Waals surface area contributed by atoms with Crippen LogP contribution >= 0.6 is 0 Å². The molecule has 1 saturated carbocycles. The van der Waals surface area contributed by atoms with Gasteiger partial charge >= 0.3 is 0 Å². The fraction of sp³-hybridized carbons (Fsp3) is 0.421. The lowest BCUT2D eigenvalue weighted by atomic mass is 10.0. The van der Waals surface area contributed by atoms with Gasteiger partial charge in [0.2, 0.25) is 0 Å². The molecule has 1 aliphatic rings. The van der Waals surface area contributed by atoms with Crippen molar-refractivity contribution in [3.8, 4) is 0 Å². The van der Waals surface area contributed by atoms with Crippen LogP contribution in [0.15, 0.2) is 48.7 Å². The summed E-state index contributed by atoms with van der Waals surface area (Å²) < 4.78 is 2.11. The summed E-state index contributed by atoms with van der Waals surface area (Å²) in [5.74, 6) is 0.0227. The monoisotopic (exact) mass is 311 g/mol. The quantitative estimate of drug-likeness (QED) is 0.852. The Hall–Kier alpha value is -2.07. The molecule has 4 heteroatoms. The minimum atomic E-state index is 0.0227. The van der Waals surface area contributed by atoms with Crippen LogP contribution in [0.1, 0.15) is 47.4 Å². The van der Waals surface area contributed by atoms with Gasteiger partial charge in [-0.2, -0.15) is 0 Å². The smallest absolute Gasteiger partial charge is 0.268 e. The molecule has 23 heavy (non-hydrogen) atoms. The molecular weight excluding hydrogens is 286 g/mol. The topological polar surface area (TPSA) is 37.3 Å². The molecule has 2 aromatic rings. The third-order valence-electron chi connectivity index (χ3n) is 4.32. The lowest BCUT2D eigenvalue weighted by molar-refractivity contribution is 0.0923. The van der Waals surface area contributed by atoms with Crippen molar-refractivity contribution in [2.24, 2.45) is 0 Å². The zero-order valence-electron chi connectivity index (χ0n) is 13.9. The molecule has 0 unspecified atom stereocenters. The number of carbonyl (C=O) groups excluding carboxylic acids is 1. The Balaban J connectivity index is 1.74. The molecule has 1 aliphatic carbocycles. The Morgan fingerprint density at radius 2 is 1.96 bits per heavy atom. The van der Waals surface area contributed by atoms with Crippen molar-refractivity contribution >= 4 is 5.91 Å². The molecule has 3 rings (SSSR count). The zero-order valence-corrected chi connectivity index (χ0v) is 13.9. The predicted molar refractivity (Wildman–Crippen MR) is 92.5 cm³/mol. The molecule has 0 spiro atoms. The first kappa shape index (κ1) is 15.8. The summed E-state index contributed by atoms with van der Waals surface area (Å²) in [6.45, 7) is 0.934. The molecular formula is C19H25N3O. The van der Waals surface area contributed by atoms with E-state index in [9.17, 15) is 4.79 Å². The summed E-state index contributed by atoms with van der Waals surface area (Å²) in [6, 6.07) is 14.7. The van der Waals surface area contributed by atoms with Crippen LogP contribution in [0.3, 0.4) is 0 Å². The Labute approximate surface area is 138 Å². The molecule has 1 N–H and O–H groups in total. The predicted octanol–water partition coefficient (Wildman–Crippen LogP) is 3.25. The number of rotatable bonds is 7. The zero-order chi connectivity index (χ0) is 16.2. The maximum atomic E-state index is 12.7. The fourth-order valence-corrected chi connectivity index (χ4v) is 2.88. The number of carbonyl (C=O) groups is 1. The maximum absolute atomic E-state index is 12.7. The molecule has 0 saturated heterocycles. The van der Waals surface area contributed by atoms with Crippen LogP contribution in [0.2, 0.25) is 0 Å². The van der Waals surface area contributed by atoms with E-state index in [1.165, 1.54) is 12.8 Å². The van der Waals surface area contributed by atoms with Gasteiger partial charge in [-0.25, -0.2) is 0 Å². The highest BCUT2D eigenvalue weighted by Crippen LogP contribution is 2.36. The van der Waals surface area contributed by atoms with Gasteiger partial charge in [0.05, 0.1) is 6.04 Å². The molecule has 1 fully saturated rings. The molecule has 0 radical (unpaired) electrons. The Morgan fingerprint density at radius 1 is 1.22 bits per heavy atom. The maximum Gasteiger partial charge on any atom is 0.268 e. The van der Waals surface area contributed by atoms with Gasteiger partial charge in [-0.3, -0.25) is 4.79 Å². The van der Waals surface area contributed by atoms with E-state index in [-0.39, 0.29) is 11.9 Å². The molecule has 1 amide bonds. The van der Waals surface area contributed by atoms with Crippen molar-refractivity contribution in [1.29, 1.82) is 0 Å². The number of hydrogen-bond donors (Lipinski definition) is 1. The van der Waals surface area contributed by atoms with Gasteiger partial charge < -0.3 is 14.8 Å². The van der Waals surface area contributed by atoms with Gasteiger partial charge in [-0.15, -0.1) is 0 Å². The van der Waals surface area contributed by atoms with Crippen LogP contribution in [0.4, 0.5) is 0 Å². The van der Waals surface area contributed by atoms with Crippen molar-refractivity contribution in [1.82, 2.24) is 14.8 Å². The van der Waals surface area contributed by atoms with Crippen molar-refractivity contribution < 1.29 is 4.79 Å². The first-order valence-electron chi connectivity index (χ1n) is 8.32. The first-order chi connectivity index (χ1) is 11.1. The Bertz CT molecular complexity index is 644. The molecule has 0 bridgehead atoms. The van der Waals surface area contributed by atoms with Crippen LogP contribution in [0.25, 0.3) is 0 Å². The average Bonchev–Trinajstić information content (AvgIpc) is 3.28. The molecule has 1 aromatic heterocycles. The number of benzene rings is 1. The minimum absolute atomic E-state index is 0.0227. The second kappa shape index (κ2) is 7.01. The summed E-state index contributed by atoms with van der Waals surface area (Å²) in [5.41, 5.74) is 1.94. The Morgan fingerprint density at radius 3 is 2.61 bits per heavy atom. The van der Waals surface area contributed by atoms with E-state index in [1.54, 1.807) is 0 Å². The highest BCUT2D eigenvalue weighted by molar-refractivity contribution is 5.93. The lowest BCUT2D eigenvalue weighted by Crippen LogP contribution is -2.32. The summed E-state index contributed by atoms with van der Waals surface area (Å²) in [7, 11) is 4.12. The second-order valence-electron chi connectivity index (χ2n) is 6.56. The molecule has 1 heterocycles. The third-order valence-corrected chi connectivity index (χ3v) is 4.32. The highest BCUT2D eigenvalue weighted by Gasteiger charge is 2.27. The number of hydrogen-bond acceptors (Lipinski definition) is 2. The summed E-state index contributed by atoms with van der Waals surface area (Å²) in [5, 5.41) is 3.23. The first-order valence-corrected chi connectivity index (χ1v) is 8.32. The Kier molecular flexibility index (Phi) is 4.82. The molecule has 0 aliphatic heterocycles. The van der Waals surface area contributed by atoms with E-state index >= 15 is 0 Å². The van der Waals surface area contributed by atoms with Gasteiger partial charge in [0.1, 0.15) is 5.69 Å². The number of aromatic nitrogens is 1. The van der Waals surface area contributed by atoms with Crippen LogP contribution in [-0.4, -0.2) is 36.0 Å². The SMILES string of the molecule is CN(C)CC[C@H](NC(=O)c1cccn1C1CC1)c1ccccc1. The van der Waals surface area contributed by atoms with E-state index < -0.39 is 0 Å². The molecule has 4 nitrogen and oxygen atoms in total. The molecule has 1 aromatic carbocycles. The van der Waals surface area contributed by atoms with Crippen molar-refractivity contribution in [2.45, 2.75) is 31.3 Å². The second-order valence-corrected chi connectivity index (χ2v) is 6.56. The van der Waals surface area contributed by atoms with Crippen molar-refractivity contribution in [3.05, 3.63) is 59.9 Å². The van der Waals surface area contributed by atoms with E-state index in [4.69, 9.17) is 0 Å². The average molecular weight is 311 g/mol. The summed E-state index contributed by atoms with van der Waals surface area (Å²) in [6.07, 6.45) is 5.27. The van der Waals surface area contributed by atoms with E-state index in [0.29, 0.717) is 6.04 Å². The third kappa shape index (κ3) is 4.02. The van der Waals surface area contributed by atoms with Gasteiger partial charge in [0.25, 0.3) is 5.91 Å². The van der Waals surface area contributed by atoms with E-state index in [0.717, 1.165) is 24.2 Å². The standard InChI is InChI=1S/C19H25N3O/c1-21(2)14-12-17(15-7-4-3-5-8-15)20-19(23)18-9-6-13-22(18)16-10-11-16/h3-9,13,16-17H,10-12,14H2,1-2H3,(H,20,23)/t17-/m0/s1. The minimum Gasteiger partial charge on any atom is -0.344 e. The number of amides is 1. The van der Waals surface area contributed by atoms with Crippen LogP contribution in [-0.2, 0) is 0 Å². The number of nitrogens with zero attached hydrogens (tertiary/aromatic N) is 2. The summed E-state index contributed by atoms with van der Waals surface area (Å²) in [4.78, 5) is 14.9. The van der Waals surface area contributed by atoms with Gasteiger partial charge in [0, 0.05) is 12.2 Å². The van der Waals surface area contributed by atoms with Gasteiger partial charge in [0.15, 0.2) is 0 Å². The van der Waals surface area contributed by atoms with Crippen LogP contribution < -0.4 is 5.32 Å². The summed E-state index contributed by atoms with van der Waals surface area (Å²) >= 11 is 0. The van der Waals surface area contributed by atoms with E-state index in [1.807, 2.05) is 36.5 Å². The van der Waals surface area contributed by atoms with E-state index in [2.05, 4.69) is 41.0 Å². The molecule has 122 valence electrons. The van der Waals surface area contributed by atoms with Gasteiger partial charge in [-0.1, -0.05) is 30.3 Å². The highest BCUT2D eigenvalue weighted by atomic mass is 16.2. The van der Waals surface area contributed by atoms with Gasteiger partial charge in [-0.05, 0) is 57.6 Å². The van der Waals surface area contributed by atoms with Crippen LogP contribution in [0, 0.1) is 0 Å². The van der Waals surface area contributed by atoms with Crippen LogP contribution in [0.5, 0.6) is 0 Å². The van der Waals surface area contributed by atoms with Crippen molar-refractivity contribution in [2.75, 3.05) is 20.6 Å². The normalized spacial score (nSPS) is 15.6. The van der Waals surface area contributed by atoms with Crippen molar-refractivity contribution in [3.63, 3.8) is 0 Å². The number of nitrogens with one attached hydrogen (secondary N) is 1. The lowest BCUT2D eigenvalue weighted by Gasteiger charge is -2.21. The fourth-order valence-electron chi connectivity index (χ4n) is 2.88. The largest absolute Gasteiger partial charge is 0.344 e.